The standard InChI is InChI=1S/C22H34N6O2.HI/c1-7-23-20(24-13-14-25-21(29)30-22(4,5)6)26-15-19-16(2)27-28(17(19)3)18-11-9-8-10-12-18;/h8-12H,7,13-15H2,1-6H3,(H,25,29)(H2,23,24,26);1H. The number of amides is 1. The van der Waals surface area contributed by atoms with Gasteiger partial charge in [0.15, 0.2) is 5.96 Å². The number of carbonyl (C=O) groups is 1. The van der Waals surface area contributed by atoms with Crippen LogP contribution in [0.4, 0.5) is 4.79 Å². The first kappa shape index (κ1) is 26.7. The second-order valence-corrected chi connectivity index (χ2v) is 7.95. The summed E-state index contributed by atoms with van der Waals surface area (Å²) in [5, 5.41) is 13.9. The van der Waals surface area contributed by atoms with Gasteiger partial charge in [-0.05, 0) is 53.7 Å². The van der Waals surface area contributed by atoms with Crippen LogP contribution in [0.15, 0.2) is 35.3 Å². The van der Waals surface area contributed by atoms with Gasteiger partial charge in [0.25, 0.3) is 0 Å². The lowest BCUT2D eigenvalue weighted by Gasteiger charge is -2.19. The number of benzene rings is 1. The van der Waals surface area contributed by atoms with Crippen LogP contribution < -0.4 is 16.0 Å². The maximum atomic E-state index is 11.7. The third-order valence-electron chi connectivity index (χ3n) is 4.27. The van der Waals surface area contributed by atoms with E-state index in [0.717, 1.165) is 29.2 Å². The minimum Gasteiger partial charge on any atom is -0.444 e. The van der Waals surface area contributed by atoms with Gasteiger partial charge in [-0.15, -0.1) is 24.0 Å². The Balaban J connectivity index is 0.00000480. The highest BCUT2D eigenvalue weighted by Crippen LogP contribution is 2.18. The number of aryl methyl sites for hydroxylation is 1. The Morgan fingerprint density at radius 2 is 1.74 bits per heavy atom. The summed E-state index contributed by atoms with van der Waals surface area (Å²) in [5.74, 6) is 0.690. The third kappa shape index (κ3) is 8.76. The fourth-order valence-corrected chi connectivity index (χ4v) is 2.88. The second-order valence-electron chi connectivity index (χ2n) is 7.95. The molecule has 1 heterocycles. The average molecular weight is 542 g/mol. The molecule has 0 bridgehead atoms. The highest BCUT2D eigenvalue weighted by atomic mass is 127. The fourth-order valence-electron chi connectivity index (χ4n) is 2.88. The van der Waals surface area contributed by atoms with Gasteiger partial charge in [-0.2, -0.15) is 5.10 Å². The predicted octanol–water partition coefficient (Wildman–Crippen LogP) is 3.69. The molecule has 1 aromatic carbocycles. The Labute approximate surface area is 202 Å². The largest absolute Gasteiger partial charge is 0.444 e. The smallest absolute Gasteiger partial charge is 0.407 e. The van der Waals surface area contributed by atoms with Crippen molar-refractivity contribution in [3.05, 3.63) is 47.3 Å². The van der Waals surface area contributed by atoms with Crippen molar-refractivity contribution in [3.63, 3.8) is 0 Å². The molecule has 1 aromatic heterocycles. The lowest BCUT2D eigenvalue weighted by molar-refractivity contribution is 0.0529. The number of alkyl carbamates (subject to hydrolysis) is 1. The molecule has 0 atom stereocenters. The van der Waals surface area contributed by atoms with E-state index in [9.17, 15) is 4.79 Å². The minimum absolute atomic E-state index is 0. The summed E-state index contributed by atoms with van der Waals surface area (Å²) in [6.45, 7) is 13.8. The van der Waals surface area contributed by atoms with E-state index in [2.05, 4.69) is 33.0 Å². The first-order valence-electron chi connectivity index (χ1n) is 10.3. The van der Waals surface area contributed by atoms with Gasteiger partial charge in [-0.1, -0.05) is 18.2 Å². The summed E-state index contributed by atoms with van der Waals surface area (Å²) < 4.78 is 7.18. The van der Waals surface area contributed by atoms with Crippen molar-refractivity contribution in [2.24, 2.45) is 4.99 Å². The number of nitrogens with one attached hydrogen (secondary N) is 3. The number of halogens is 1. The van der Waals surface area contributed by atoms with Crippen LogP contribution in [0.1, 0.15) is 44.6 Å². The van der Waals surface area contributed by atoms with Gasteiger partial charge in [-0.3, -0.25) is 0 Å². The zero-order chi connectivity index (χ0) is 22.1. The van der Waals surface area contributed by atoms with Crippen LogP contribution in [0, 0.1) is 13.8 Å². The Kier molecular flexibility index (Phi) is 10.8. The van der Waals surface area contributed by atoms with Crippen LogP contribution in [0.2, 0.25) is 0 Å². The van der Waals surface area contributed by atoms with E-state index in [1.165, 1.54) is 0 Å². The summed E-state index contributed by atoms with van der Waals surface area (Å²) in [7, 11) is 0. The van der Waals surface area contributed by atoms with Gasteiger partial charge < -0.3 is 20.7 Å². The molecule has 0 radical (unpaired) electrons. The molecule has 0 unspecified atom stereocenters. The topological polar surface area (TPSA) is 92.6 Å². The Bertz CT molecular complexity index is 859. The number of guanidine groups is 1. The molecule has 0 spiro atoms. The van der Waals surface area contributed by atoms with Crippen LogP contribution in [0.25, 0.3) is 5.69 Å². The number of aromatic nitrogens is 2. The van der Waals surface area contributed by atoms with Crippen molar-refractivity contribution in [1.82, 2.24) is 25.7 Å². The van der Waals surface area contributed by atoms with E-state index in [4.69, 9.17) is 4.74 Å². The average Bonchev–Trinajstić information content (AvgIpc) is 2.96. The zero-order valence-electron chi connectivity index (χ0n) is 19.3. The van der Waals surface area contributed by atoms with Crippen molar-refractivity contribution in [2.75, 3.05) is 19.6 Å². The second kappa shape index (κ2) is 12.5. The van der Waals surface area contributed by atoms with Gasteiger partial charge in [0.05, 0.1) is 17.9 Å². The maximum Gasteiger partial charge on any atom is 0.407 e. The number of hydrogen-bond acceptors (Lipinski definition) is 4. The minimum atomic E-state index is -0.506. The van der Waals surface area contributed by atoms with Crippen molar-refractivity contribution in [3.8, 4) is 5.69 Å². The normalized spacial score (nSPS) is 11.5. The number of para-hydroxylation sites is 1. The molecular formula is C22H35IN6O2. The van der Waals surface area contributed by atoms with E-state index >= 15 is 0 Å². The molecule has 9 heteroatoms. The fraction of sp³-hybridized carbons (Fsp3) is 0.500. The SMILES string of the molecule is CCNC(=NCc1c(C)nn(-c2ccccc2)c1C)NCCNC(=O)OC(C)(C)C.I. The van der Waals surface area contributed by atoms with E-state index < -0.39 is 11.7 Å². The number of rotatable bonds is 7. The monoisotopic (exact) mass is 542 g/mol. The molecule has 2 aromatic rings. The number of aliphatic imine (C=N–C) groups is 1. The Hall–Kier alpha value is -2.30. The number of carbonyl (C=O) groups excluding carboxylic acids is 1. The van der Waals surface area contributed by atoms with Gasteiger partial charge in [0.2, 0.25) is 0 Å². The van der Waals surface area contributed by atoms with Crippen molar-refractivity contribution < 1.29 is 9.53 Å². The summed E-state index contributed by atoms with van der Waals surface area (Å²) in [6.07, 6.45) is -0.425. The molecule has 0 aliphatic rings. The Morgan fingerprint density at radius 3 is 2.35 bits per heavy atom. The van der Waals surface area contributed by atoms with Gasteiger partial charge in [0.1, 0.15) is 5.60 Å². The van der Waals surface area contributed by atoms with Crippen molar-refractivity contribution in [2.45, 2.75) is 53.7 Å². The van der Waals surface area contributed by atoms with Crippen LogP contribution in [0.5, 0.6) is 0 Å². The first-order valence-corrected chi connectivity index (χ1v) is 10.3. The van der Waals surface area contributed by atoms with Gasteiger partial charge in [-0.25, -0.2) is 14.5 Å². The molecule has 2 rings (SSSR count). The summed E-state index contributed by atoms with van der Waals surface area (Å²) in [6, 6.07) is 10.1. The Morgan fingerprint density at radius 1 is 1.10 bits per heavy atom. The van der Waals surface area contributed by atoms with Crippen molar-refractivity contribution >= 4 is 36.0 Å². The third-order valence-corrected chi connectivity index (χ3v) is 4.27. The van der Waals surface area contributed by atoms with Crippen LogP contribution in [-0.2, 0) is 11.3 Å². The van der Waals surface area contributed by atoms with E-state index in [0.29, 0.717) is 25.6 Å². The number of hydrogen-bond donors (Lipinski definition) is 3. The summed E-state index contributed by atoms with van der Waals surface area (Å²) >= 11 is 0. The molecule has 0 aliphatic heterocycles. The molecule has 31 heavy (non-hydrogen) atoms. The molecule has 0 aliphatic carbocycles. The molecule has 0 saturated carbocycles. The van der Waals surface area contributed by atoms with Crippen LogP contribution in [0.3, 0.4) is 0 Å². The predicted molar refractivity (Wildman–Crippen MR) is 136 cm³/mol. The van der Waals surface area contributed by atoms with Crippen LogP contribution in [-0.4, -0.2) is 47.1 Å². The van der Waals surface area contributed by atoms with E-state index in [1.54, 1.807) is 0 Å². The van der Waals surface area contributed by atoms with E-state index in [-0.39, 0.29) is 24.0 Å². The van der Waals surface area contributed by atoms with Gasteiger partial charge in [0, 0.05) is 30.9 Å². The summed E-state index contributed by atoms with van der Waals surface area (Å²) in [5.41, 5.74) is 3.66. The highest BCUT2D eigenvalue weighted by Gasteiger charge is 2.15. The highest BCUT2D eigenvalue weighted by molar-refractivity contribution is 14.0. The molecule has 0 saturated heterocycles. The number of ether oxygens (including phenoxy) is 1. The van der Waals surface area contributed by atoms with Gasteiger partial charge >= 0.3 is 6.09 Å². The number of nitrogens with zero attached hydrogens (tertiary/aromatic N) is 3. The zero-order valence-corrected chi connectivity index (χ0v) is 21.6. The molecule has 0 fully saturated rings. The van der Waals surface area contributed by atoms with E-state index in [1.807, 2.05) is 69.6 Å². The molecule has 3 N–H and O–H groups in total. The molecule has 172 valence electrons. The summed E-state index contributed by atoms with van der Waals surface area (Å²) in [4.78, 5) is 16.4. The molecule has 8 nitrogen and oxygen atoms in total. The van der Waals surface area contributed by atoms with Crippen molar-refractivity contribution in [1.29, 1.82) is 0 Å². The lowest BCUT2D eigenvalue weighted by Crippen LogP contribution is -2.42. The lowest BCUT2D eigenvalue weighted by atomic mass is 10.2. The first-order chi connectivity index (χ1) is 14.2. The molecular weight excluding hydrogens is 507 g/mol. The van der Waals surface area contributed by atoms with Crippen LogP contribution >= 0.6 is 24.0 Å². The maximum absolute atomic E-state index is 11.7. The molecule has 1 amide bonds. The quantitative estimate of drug-likeness (QED) is 0.215.